The van der Waals surface area contributed by atoms with E-state index in [0.717, 1.165) is 25.0 Å². The van der Waals surface area contributed by atoms with Crippen molar-refractivity contribution in [2.45, 2.75) is 32.1 Å². The lowest BCUT2D eigenvalue weighted by Crippen LogP contribution is -2.19. The molecule has 0 fully saturated rings. The highest BCUT2D eigenvalue weighted by Crippen LogP contribution is 2.17. The van der Waals surface area contributed by atoms with Gasteiger partial charge in [-0.3, -0.25) is 0 Å². The molecule has 0 bridgehead atoms. The van der Waals surface area contributed by atoms with Gasteiger partial charge in [0.25, 0.3) is 0 Å². The van der Waals surface area contributed by atoms with Crippen LogP contribution in [-0.2, 0) is 0 Å². The molecule has 2 amide bonds. The van der Waals surface area contributed by atoms with E-state index in [1.165, 1.54) is 12.8 Å². The van der Waals surface area contributed by atoms with Gasteiger partial charge < -0.3 is 15.8 Å². The van der Waals surface area contributed by atoms with Crippen LogP contribution in [0.25, 0.3) is 0 Å². The number of hydrogen-bond acceptors (Lipinski definition) is 2. The third-order valence-corrected chi connectivity index (χ3v) is 2.67. The molecule has 1 aromatic carbocycles. The summed E-state index contributed by atoms with van der Waals surface area (Å²) in [5, 5.41) is 2.52. The van der Waals surface area contributed by atoms with Crippen molar-refractivity contribution in [3.8, 4) is 5.75 Å². The van der Waals surface area contributed by atoms with E-state index in [0.29, 0.717) is 12.3 Å². The zero-order chi connectivity index (χ0) is 13.9. The van der Waals surface area contributed by atoms with Crippen LogP contribution in [0.15, 0.2) is 36.9 Å². The predicted octanol–water partition coefficient (Wildman–Crippen LogP) is 3.69. The number of hydrogen-bond donors (Lipinski definition) is 2. The molecule has 19 heavy (non-hydrogen) atoms. The Labute approximate surface area is 114 Å². The van der Waals surface area contributed by atoms with E-state index in [4.69, 9.17) is 10.5 Å². The molecule has 0 aliphatic carbocycles. The van der Waals surface area contributed by atoms with Gasteiger partial charge in [0, 0.05) is 11.8 Å². The van der Waals surface area contributed by atoms with Crippen LogP contribution in [0.3, 0.4) is 0 Å². The van der Waals surface area contributed by atoms with Gasteiger partial charge in [0.15, 0.2) is 0 Å². The van der Waals surface area contributed by atoms with Crippen LogP contribution < -0.4 is 15.8 Å². The number of benzene rings is 1. The lowest BCUT2D eigenvalue weighted by molar-refractivity contribution is 0.259. The standard InChI is InChI=1S/C15H22N2O2/c1-2-3-4-5-6-7-11-19-14-10-8-9-13(12-14)17-15(16)18/h2,8-10,12H,1,3-7,11H2,(H3,16,17,18). The molecule has 1 rings (SSSR count). The molecule has 0 saturated carbocycles. The Hall–Kier alpha value is -1.97. The number of anilines is 1. The van der Waals surface area contributed by atoms with Gasteiger partial charge in [-0.15, -0.1) is 6.58 Å². The predicted molar refractivity (Wildman–Crippen MR) is 78.4 cm³/mol. The van der Waals surface area contributed by atoms with Crippen molar-refractivity contribution < 1.29 is 9.53 Å². The van der Waals surface area contributed by atoms with Crippen LogP contribution in [0.4, 0.5) is 10.5 Å². The van der Waals surface area contributed by atoms with Crippen molar-refractivity contribution in [3.05, 3.63) is 36.9 Å². The first-order chi connectivity index (χ1) is 9.22. The van der Waals surface area contributed by atoms with E-state index in [-0.39, 0.29) is 0 Å². The molecule has 0 radical (unpaired) electrons. The van der Waals surface area contributed by atoms with E-state index in [1.807, 2.05) is 18.2 Å². The topological polar surface area (TPSA) is 64.3 Å². The van der Waals surface area contributed by atoms with Crippen LogP contribution in [0, 0.1) is 0 Å². The van der Waals surface area contributed by atoms with Crippen molar-refractivity contribution in [2.24, 2.45) is 5.73 Å². The van der Waals surface area contributed by atoms with Crippen LogP contribution in [0.1, 0.15) is 32.1 Å². The number of nitrogens with one attached hydrogen (secondary N) is 1. The van der Waals surface area contributed by atoms with Crippen molar-refractivity contribution in [1.82, 2.24) is 0 Å². The highest BCUT2D eigenvalue weighted by molar-refractivity contribution is 5.87. The summed E-state index contributed by atoms with van der Waals surface area (Å²) in [5.41, 5.74) is 5.71. The molecule has 104 valence electrons. The third kappa shape index (κ3) is 7.13. The molecule has 1 aromatic rings. The number of rotatable bonds is 9. The second-order valence-electron chi connectivity index (χ2n) is 4.36. The molecule has 0 aromatic heterocycles. The van der Waals surface area contributed by atoms with Crippen LogP contribution in [0.5, 0.6) is 5.75 Å². The smallest absolute Gasteiger partial charge is 0.316 e. The summed E-state index contributed by atoms with van der Waals surface area (Å²) in [6.45, 7) is 4.39. The number of carbonyl (C=O) groups is 1. The van der Waals surface area contributed by atoms with Gasteiger partial charge in [-0.25, -0.2) is 4.79 Å². The van der Waals surface area contributed by atoms with Crippen molar-refractivity contribution in [2.75, 3.05) is 11.9 Å². The first kappa shape index (κ1) is 15.1. The van der Waals surface area contributed by atoms with Gasteiger partial charge in [0.1, 0.15) is 5.75 Å². The van der Waals surface area contributed by atoms with Gasteiger partial charge in [0.2, 0.25) is 0 Å². The summed E-state index contributed by atoms with van der Waals surface area (Å²) >= 11 is 0. The summed E-state index contributed by atoms with van der Waals surface area (Å²) in [6.07, 6.45) is 7.63. The fraction of sp³-hybridized carbons (Fsp3) is 0.400. The fourth-order valence-electron chi connectivity index (χ4n) is 1.74. The summed E-state index contributed by atoms with van der Waals surface area (Å²) in [5.74, 6) is 0.748. The molecule has 0 aliphatic heterocycles. The number of nitrogens with two attached hydrogens (primary N) is 1. The summed E-state index contributed by atoms with van der Waals surface area (Å²) < 4.78 is 5.62. The second kappa shape index (κ2) is 9.03. The SMILES string of the molecule is C=CCCCCCCOc1cccc(NC(N)=O)c1. The van der Waals surface area contributed by atoms with Crippen LogP contribution >= 0.6 is 0 Å². The van der Waals surface area contributed by atoms with Crippen LogP contribution in [-0.4, -0.2) is 12.6 Å². The van der Waals surface area contributed by atoms with Crippen molar-refractivity contribution in [3.63, 3.8) is 0 Å². The Kier molecular flexibility index (Phi) is 7.17. The average Bonchev–Trinajstić information content (AvgIpc) is 2.37. The first-order valence-corrected chi connectivity index (χ1v) is 6.62. The first-order valence-electron chi connectivity index (χ1n) is 6.62. The molecule has 0 unspecified atom stereocenters. The molecule has 4 heteroatoms. The molecule has 0 spiro atoms. The Morgan fingerprint density at radius 2 is 2.11 bits per heavy atom. The maximum absolute atomic E-state index is 10.7. The summed E-state index contributed by atoms with van der Waals surface area (Å²) in [7, 11) is 0. The summed E-state index contributed by atoms with van der Waals surface area (Å²) in [4.78, 5) is 10.7. The van der Waals surface area contributed by atoms with E-state index in [1.54, 1.807) is 12.1 Å². The quantitative estimate of drug-likeness (QED) is 0.526. The molecule has 0 atom stereocenters. The number of urea groups is 1. The van der Waals surface area contributed by atoms with E-state index in [2.05, 4.69) is 11.9 Å². The van der Waals surface area contributed by atoms with E-state index < -0.39 is 6.03 Å². The summed E-state index contributed by atoms with van der Waals surface area (Å²) in [6, 6.07) is 6.66. The maximum Gasteiger partial charge on any atom is 0.316 e. The minimum Gasteiger partial charge on any atom is -0.494 e. The molecule has 4 nitrogen and oxygen atoms in total. The Morgan fingerprint density at radius 1 is 1.32 bits per heavy atom. The van der Waals surface area contributed by atoms with Crippen molar-refractivity contribution in [1.29, 1.82) is 0 Å². The van der Waals surface area contributed by atoms with Crippen LogP contribution in [0.2, 0.25) is 0 Å². The number of primary amides is 1. The zero-order valence-corrected chi connectivity index (χ0v) is 11.2. The number of carbonyl (C=O) groups excluding carboxylic acids is 1. The van der Waals surface area contributed by atoms with Gasteiger partial charge in [-0.2, -0.15) is 0 Å². The molecular weight excluding hydrogens is 240 g/mol. The number of ether oxygens (including phenoxy) is 1. The molecule has 0 aliphatic rings. The maximum atomic E-state index is 10.7. The van der Waals surface area contributed by atoms with Gasteiger partial charge in [0.05, 0.1) is 6.61 Å². The van der Waals surface area contributed by atoms with Gasteiger partial charge in [-0.05, 0) is 31.4 Å². The Morgan fingerprint density at radius 3 is 2.84 bits per heavy atom. The van der Waals surface area contributed by atoms with E-state index >= 15 is 0 Å². The average molecular weight is 262 g/mol. The minimum absolute atomic E-state index is 0.570. The normalized spacial score (nSPS) is 9.89. The minimum atomic E-state index is -0.570. The molecular formula is C15H22N2O2. The molecule has 0 saturated heterocycles. The Bertz CT molecular complexity index is 405. The lowest BCUT2D eigenvalue weighted by Gasteiger charge is -2.08. The zero-order valence-electron chi connectivity index (χ0n) is 11.2. The lowest BCUT2D eigenvalue weighted by atomic mass is 10.1. The number of amides is 2. The van der Waals surface area contributed by atoms with Gasteiger partial charge >= 0.3 is 6.03 Å². The fourth-order valence-corrected chi connectivity index (χ4v) is 1.74. The highest BCUT2D eigenvalue weighted by atomic mass is 16.5. The number of unbranched alkanes of at least 4 members (excludes halogenated alkanes) is 4. The number of allylic oxidation sites excluding steroid dienone is 1. The van der Waals surface area contributed by atoms with Gasteiger partial charge in [-0.1, -0.05) is 25.0 Å². The third-order valence-electron chi connectivity index (χ3n) is 2.67. The largest absolute Gasteiger partial charge is 0.494 e. The highest BCUT2D eigenvalue weighted by Gasteiger charge is 1.99. The monoisotopic (exact) mass is 262 g/mol. The van der Waals surface area contributed by atoms with E-state index in [9.17, 15) is 4.79 Å². The Balaban J connectivity index is 2.21. The second-order valence-corrected chi connectivity index (χ2v) is 4.36. The molecule has 0 heterocycles. The molecule has 3 N–H and O–H groups in total. The van der Waals surface area contributed by atoms with Crippen molar-refractivity contribution >= 4 is 11.7 Å².